The van der Waals surface area contributed by atoms with Gasteiger partial charge in [-0.15, -0.1) is 0 Å². The molecule has 0 radical (unpaired) electrons. The summed E-state index contributed by atoms with van der Waals surface area (Å²) in [7, 11) is 0. The van der Waals surface area contributed by atoms with Gasteiger partial charge in [-0.05, 0) is 11.6 Å². The number of aromatic amines is 1. The van der Waals surface area contributed by atoms with Crippen molar-refractivity contribution in [2.75, 3.05) is 0 Å². The monoisotopic (exact) mass is 280 g/mol. The normalized spacial score (nSPS) is 12.2. The second-order valence-corrected chi connectivity index (χ2v) is 4.90. The highest BCUT2D eigenvalue weighted by molar-refractivity contribution is 5.90. The van der Waals surface area contributed by atoms with Crippen LogP contribution in [0.1, 0.15) is 17.2 Å². The van der Waals surface area contributed by atoms with Crippen molar-refractivity contribution in [1.82, 2.24) is 10.3 Å². The Morgan fingerprint density at radius 1 is 1.10 bits per heavy atom. The molecule has 1 atom stereocenters. The van der Waals surface area contributed by atoms with E-state index in [-0.39, 0.29) is 0 Å². The largest absolute Gasteiger partial charge is 0.378 e. The van der Waals surface area contributed by atoms with Gasteiger partial charge in [0, 0.05) is 29.2 Å². The van der Waals surface area contributed by atoms with Crippen LogP contribution in [0.2, 0.25) is 0 Å². The Hall–Kier alpha value is -2.59. The molecule has 0 fully saturated rings. The molecule has 0 saturated heterocycles. The Kier molecular flexibility index (Phi) is 3.71. The summed E-state index contributed by atoms with van der Waals surface area (Å²) in [6.07, 6.45) is 0.502. The number of carbonyl (C=O) groups excluding carboxylic acids is 1. The number of para-hydroxylation sites is 1. The number of carbonyl (C=O) groups is 1. The molecule has 4 heteroatoms. The number of rotatable bonds is 4. The van der Waals surface area contributed by atoms with Gasteiger partial charge in [0.1, 0.15) is 0 Å². The van der Waals surface area contributed by atoms with Crippen LogP contribution in [-0.4, -0.2) is 16.0 Å². The Labute approximate surface area is 122 Å². The molecule has 0 spiro atoms. The number of benzene rings is 2. The van der Waals surface area contributed by atoms with Gasteiger partial charge in [0.05, 0.1) is 0 Å². The fraction of sp³-hybridized carbons (Fsp3) is 0.118. The van der Waals surface area contributed by atoms with Crippen molar-refractivity contribution < 1.29 is 9.90 Å². The summed E-state index contributed by atoms with van der Waals surface area (Å²) in [6.45, 7) is 0.402. The number of nitrogens with one attached hydrogen (secondary N) is 2. The van der Waals surface area contributed by atoms with Crippen molar-refractivity contribution in [2.24, 2.45) is 0 Å². The first-order chi connectivity index (χ1) is 10.3. The minimum atomic E-state index is -1.18. The molecular weight excluding hydrogens is 264 g/mol. The third kappa shape index (κ3) is 2.80. The van der Waals surface area contributed by atoms with Crippen molar-refractivity contribution in [3.63, 3.8) is 0 Å². The average molecular weight is 280 g/mol. The molecule has 21 heavy (non-hydrogen) atoms. The van der Waals surface area contributed by atoms with Gasteiger partial charge in [-0.3, -0.25) is 4.79 Å². The summed E-state index contributed by atoms with van der Waals surface area (Å²) in [4.78, 5) is 15.1. The van der Waals surface area contributed by atoms with Crippen molar-refractivity contribution in [2.45, 2.75) is 12.6 Å². The fourth-order valence-corrected chi connectivity index (χ4v) is 2.34. The van der Waals surface area contributed by atoms with Gasteiger partial charge < -0.3 is 15.4 Å². The molecule has 1 amide bonds. The number of hydrogen-bond donors (Lipinski definition) is 3. The molecule has 3 N–H and O–H groups in total. The van der Waals surface area contributed by atoms with Crippen LogP contribution in [0.5, 0.6) is 0 Å². The van der Waals surface area contributed by atoms with Gasteiger partial charge in [0.25, 0.3) is 5.91 Å². The Bertz CT molecular complexity index is 750. The molecular formula is C17H16N2O2. The maximum atomic E-state index is 12.1. The Morgan fingerprint density at radius 3 is 2.62 bits per heavy atom. The topological polar surface area (TPSA) is 65.1 Å². The first-order valence-electron chi connectivity index (χ1n) is 6.81. The van der Waals surface area contributed by atoms with Gasteiger partial charge >= 0.3 is 0 Å². The molecule has 4 nitrogen and oxygen atoms in total. The highest BCUT2D eigenvalue weighted by atomic mass is 16.3. The molecule has 0 saturated carbocycles. The quantitative estimate of drug-likeness (QED) is 0.687. The van der Waals surface area contributed by atoms with Crippen LogP contribution in [0, 0.1) is 0 Å². The zero-order chi connectivity index (χ0) is 14.7. The average Bonchev–Trinajstić information content (AvgIpc) is 2.97. The van der Waals surface area contributed by atoms with Crippen LogP contribution in [-0.2, 0) is 11.3 Å². The lowest BCUT2D eigenvalue weighted by Crippen LogP contribution is -2.28. The van der Waals surface area contributed by atoms with Gasteiger partial charge in [-0.2, -0.15) is 0 Å². The van der Waals surface area contributed by atoms with Crippen LogP contribution in [0.15, 0.2) is 60.8 Å². The van der Waals surface area contributed by atoms with Crippen molar-refractivity contribution in [3.8, 4) is 0 Å². The summed E-state index contributed by atoms with van der Waals surface area (Å²) >= 11 is 0. The number of fused-ring (bicyclic) bond motifs is 1. The molecule has 2 aromatic carbocycles. The lowest BCUT2D eigenvalue weighted by Gasteiger charge is -2.11. The molecule has 1 unspecified atom stereocenters. The highest BCUT2D eigenvalue weighted by Gasteiger charge is 2.20. The van der Waals surface area contributed by atoms with Crippen LogP contribution >= 0.6 is 0 Å². The van der Waals surface area contributed by atoms with Crippen molar-refractivity contribution in [1.29, 1.82) is 0 Å². The molecule has 1 aromatic heterocycles. The lowest BCUT2D eigenvalue weighted by atomic mass is 10.1. The van der Waals surface area contributed by atoms with E-state index in [0.29, 0.717) is 12.1 Å². The third-order valence-corrected chi connectivity index (χ3v) is 3.47. The highest BCUT2D eigenvalue weighted by Crippen LogP contribution is 2.24. The van der Waals surface area contributed by atoms with E-state index >= 15 is 0 Å². The minimum absolute atomic E-state index is 0.399. The standard InChI is InChI=1S/C17H16N2O2/c20-16(14-11-18-15-9-5-4-8-13(14)15)17(21)19-10-12-6-2-1-3-7-12/h1-9,11,16,18,20H,10H2,(H,19,21). The maximum Gasteiger partial charge on any atom is 0.253 e. The van der Waals surface area contributed by atoms with Gasteiger partial charge in [-0.25, -0.2) is 0 Å². The molecule has 3 aromatic rings. The van der Waals surface area contributed by atoms with Crippen LogP contribution in [0.25, 0.3) is 10.9 Å². The zero-order valence-electron chi connectivity index (χ0n) is 11.4. The number of amides is 1. The van der Waals surface area contributed by atoms with Gasteiger partial charge in [0.15, 0.2) is 6.10 Å². The molecule has 3 rings (SSSR count). The molecule has 0 aliphatic heterocycles. The fourth-order valence-electron chi connectivity index (χ4n) is 2.34. The van der Waals surface area contributed by atoms with E-state index in [2.05, 4.69) is 10.3 Å². The number of aliphatic hydroxyl groups excluding tert-OH is 1. The Balaban J connectivity index is 1.72. The van der Waals surface area contributed by atoms with Crippen LogP contribution < -0.4 is 5.32 Å². The number of H-pyrrole nitrogens is 1. The van der Waals surface area contributed by atoms with Crippen molar-refractivity contribution in [3.05, 3.63) is 71.9 Å². The molecule has 106 valence electrons. The van der Waals surface area contributed by atoms with E-state index in [1.54, 1.807) is 6.20 Å². The Morgan fingerprint density at radius 2 is 1.81 bits per heavy atom. The zero-order valence-corrected chi connectivity index (χ0v) is 11.4. The second-order valence-electron chi connectivity index (χ2n) is 4.90. The minimum Gasteiger partial charge on any atom is -0.378 e. The third-order valence-electron chi connectivity index (χ3n) is 3.47. The number of hydrogen-bond acceptors (Lipinski definition) is 2. The second kappa shape index (κ2) is 5.81. The number of aromatic nitrogens is 1. The van der Waals surface area contributed by atoms with E-state index in [9.17, 15) is 9.90 Å². The smallest absolute Gasteiger partial charge is 0.253 e. The summed E-state index contributed by atoms with van der Waals surface area (Å²) in [5, 5.41) is 13.8. The summed E-state index contributed by atoms with van der Waals surface area (Å²) in [5.41, 5.74) is 2.50. The molecule has 0 bridgehead atoms. The van der Waals surface area contributed by atoms with E-state index in [4.69, 9.17) is 0 Å². The van der Waals surface area contributed by atoms with Gasteiger partial charge in [-0.1, -0.05) is 48.5 Å². The molecule has 1 heterocycles. The van der Waals surface area contributed by atoms with E-state index in [1.807, 2.05) is 54.6 Å². The first kappa shape index (κ1) is 13.4. The lowest BCUT2D eigenvalue weighted by molar-refractivity contribution is -0.129. The molecule has 0 aliphatic carbocycles. The van der Waals surface area contributed by atoms with Crippen LogP contribution in [0.3, 0.4) is 0 Å². The van der Waals surface area contributed by atoms with Crippen LogP contribution in [0.4, 0.5) is 0 Å². The SMILES string of the molecule is O=C(NCc1ccccc1)C(O)c1c[nH]c2ccccc12. The van der Waals surface area contributed by atoms with E-state index < -0.39 is 12.0 Å². The summed E-state index contributed by atoms with van der Waals surface area (Å²) in [5.74, 6) is -0.399. The van der Waals surface area contributed by atoms with Gasteiger partial charge in [0.2, 0.25) is 0 Å². The number of aliphatic hydroxyl groups is 1. The van der Waals surface area contributed by atoms with E-state index in [0.717, 1.165) is 16.5 Å². The predicted molar refractivity (Wildman–Crippen MR) is 81.5 cm³/mol. The maximum absolute atomic E-state index is 12.1. The van der Waals surface area contributed by atoms with E-state index in [1.165, 1.54) is 0 Å². The summed E-state index contributed by atoms with van der Waals surface area (Å²) in [6, 6.07) is 17.2. The molecule has 0 aliphatic rings. The predicted octanol–water partition coefficient (Wildman–Crippen LogP) is 2.52. The first-order valence-corrected chi connectivity index (χ1v) is 6.81. The van der Waals surface area contributed by atoms with Crippen molar-refractivity contribution >= 4 is 16.8 Å². The summed E-state index contributed by atoms with van der Waals surface area (Å²) < 4.78 is 0.